The van der Waals surface area contributed by atoms with Crippen molar-refractivity contribution in [3.8, 4) is 34.6 Å². The average molecular weight is 301 g/mol. The summed E-state index contributed by atoms with van der Waals surface area (Å²) in [5.41, 5.74) is 12.2. The molecular formula is C14H15N5O3. The number of ether oxygens (including phenoxy) is 3. The fraction of sp³-hybridized carbons (Fsp3) is 0.214. The van der Waals surface area contributed by atoms with Crippen LogP contribution in [-0.2, 0) is 0 Å². The zero-order valence-corrected chi connectivity index (χ0v) is 12.4. The number of aromatic nitrogens is 2. The Kier molecular flexibility index (Phi) is 4.18. The predicted octanol–water partition coefficient (Wildman–Crippen LogP) is 1.21. The van der Waals surface area contributed by atoms with Crippen LogP contribution in [0.4, 0.5) is 11.8 Å². The Hall–Kier alpha value is -3.21. The summed E-state index contributed by atoms with van der Waals surface area (Å²) in [6.45, 7) is 0. The average Bonchev–Trinajstić information content (AvgIpc) is 2.52. The lowest BCUT2D eigenvalue weighted by Crippen LogP contribution is -2.06. The molecule has 0 fully saturated rings. The molecule has 0 aliphatic carbocycles. The molecule has 0 unspecified atom stereocenters. The van der Waals surface area contributed by atoms with E-state index in [0.717, 1.165) is 0 Å². The van der Waals surface area contributed by atoms with E-state index in [1.54, 1.807) is 12.1 Å². The Morgan fingerprint density at radius 1 is 1.00 bits per heavy atom. The quantitative estimate of drug-likeness (QED) is 0.861. The third-order valence-corrected chi connectivity index (χ3v) is 3.03. The second-order valence-corrected chi connectivity index (χ2v) is 4.18. The summed E-state index contributed by atoms with van der Waals surface area (Å²) in [6, 6.07) is 5.33. The second-order valence-electron chi connectivity index (χ2n) is 4.18. The molecule has 1 aromatic carbocycles. The van der Waals surface area contributed by atoms with Gasteiger partial charge in [0.15, 0.2) is 11.5 Å². The van der Waals surface area contributed by atoms with Crippen LogP contribution in [0.2, 0.25) is 0 Å². The Bertz CT molecular complexity index is 755. The first-order valence-electron chi connectivity index (χ1n) is 6.19. The number of hydrogen-bond donors (Lipinski definition) is 2. The second kappa shape index (κ2) is 6.05. The van der Waals surface area contributed by atoms with Gasteiger partial charge in [0.05, 0.1) is 27.0 Å². The number of nitriles is 1. The van der Waals surface area contributed by atoms with E-state index in [2.05, 4.69) is 9.97 Å². The highest BCUT2D eigenvalue weighted by molar-refractivity contribution is 5.80. The van der Waals surface area contributed by atoms with Gasteiger partial charge in [-0.1, -0.05) is 0 Å². The van der Waals surface area contributed by atoms with Crippen LogP contribution in [0.25, 0.3) is 11.3 Å². The van der Waals surface area contributed by atoms with Crippen LogP contribution in [0.3, 0.4) is 0 Å². The number of nitrogens with zero attached hydrogens (tertiary/aromatic N) is 3. The van der Waals surface area contributed by atoms with E-state index in [1.807, 2.05) is 6.07 Å². The summed E-state index contributed by atoms with van der Waals surface area (Å²) in [7, 11) is 4.47. The molecule has 0 bridgehead atoms. The van der Waals surface area contributed by atoms with E-state index in [4.69, 9.17) is 25.7 Å². The number of methoxy groups -OCH3 is 3. The highest BCUT2D eigenvalue weighted by atomic mass is 16.5. The lowest BCUT2D eigenvalue weighted by atomic mass is 10.0. The van der Waals surface area contributed by atoms with Crippen molar-refractivity contribution in [2.75, 3.05) is 32.8 Å². The molecule has 0 atom stereocenters. The van der Waals surface area contributed by atoms with E-state index in [1.165, 1.54) is 21.3 Å². The molecule has 2 rings (SSSR count). The molecule has 0 saturated heterocycles. The Labute approximate surface area is 127 Å². The van der Waals surface area contributed by atoms with Crippen molar-refractivity contribution in [1.82, 2.24) is 9.97 Å². The van der Waals surface area contributed by atoms with Crippen molar-refractivity contribution >= 4 is 11.8 Å². The maximum Gasteiger partial charge on any atom is 0.222 e. The monoisotopic (exact) mass is 301 g/mol. The summed E-state index contributed by atoms with van der Waals surface area (Å²) < 4.78 is 15.9. The van der Waals surface area contributed by atoms with Gasteiger partial charge < -0.3 is 25.7 Å². The van der Waals surface area contributed by atoms with Crippen molar-refractivity contribution in [3.63, 3.8) is 0 Å². The topological polar surface area (TPSA) is 129 Å². The van der Waals surface area contributed by atoms with Gasteiger partial charge in [-0.05, 0) is 12.1 Å². The highest BCUT2D eigenvalue weighted by Crippen LogP contribution is 2.44. The summed E-state index contributed by atoms with van der Waals surface area (Å²) in [6.07, 6.45) is 0. The molecule has 2 aromatic rings. The lowest BCUT2D eigenvalue weighted by molar-refractivity contribution is 0.325. The van der Waals surface area contributed by atoms with Gasteiger partial charge in [0.25, 0.3) is 0 Å². The van der Waals surface area contributed by atoms with Crippen molar-refractivity contribution in [3.05, 3.63) is 17.7 Å². The van der Waals surface area contributed by atoms with Crippen LogP contribution in [0.1, 0.15) is 5.56 Å². The van der Waals surface area contributed by atoms with Crippen LogP contribution < -0.4 is 25.7 Å². The fourth-order valence-corrected chi connectivity index (χ4v) is 2.09. The van der Waals surface area contributed by atoms with E-state index in [-0.39, 0.29) is 23.0 Å². The molecule has 0 aliphatic heterocycles. The number of anilines is 2. The Balaban J connectivity index is 2.82. The molecular weight excluding hydrogens is 286 g/mol. The van der Waals surface area contributed by atoms with E-state index < -0.39 is 0 Å². The minimum Gasteiger partial charge on any atom is -0.493 e. The first-order chi connectivity index (χ1) is 10.6. The van der Waals surface area contributed by atoms with Crippen molar-refractivity contribution < 1.29 is 14.2 Å². The smallest absolute Gasteiger partial charge is 0.222 e. The molecule has 4 N–H and O–H groups in total. The molecule has 0 amide bonds. The SMILES string of the molecule is COc1ccc(-c2nc(N)nc(N)c2C#N)c(OC)c1OC. The van der Waals surface area contributed by atoms with Crippen LogP contribution in [-0.4, -0.2) is 31.3 Å². The number of nitrogen functional groups attached to an aromatic ring is 2. The molecule has 8 nitrogen and oxygen atoms in total. The Morgan fingerprint density at radius 2 is 1.68 bits per heavy atom. The van der Waals surface area contributed by atoms with Gasteiger partial charge >= 0.3 is 0 Å². The molecule has 0 radical (unpaired) electrons. The summed E-state index contributed by atoms with van der Waals surface area (Å²) in [5, 5.41) is 9.29. The van der Waals surface area contributed by atoms with Crippen LogP contribution in [0.5, 0.6) is 17.2 Å². The van der Waals surface area contributed by atoms with Gasteiger partial charge in [0.1, 0.15) is 17.5 Å². The minimum atomic E-state index is -0.0386. The van der Waals surface area contributed by atoms with Gasteiger partial charge in [0.2, 0.25) is 11.7 Å². The van der Waals surface area contributed by atoms with Gasteiger partial charge in [-0.3, -0.25) is 0 Å². The molecule has 114 valence electrons. The third-order valence-electron chi connectivity index (χ3n) is 3.03. The van der Waals surface area contributed by atoms with Gasteiger partial charge in [-0.2, -0.15) is 10.2 Å². The first kappa shape index (κ1) is 15.2. The number of hydrogen-bond acceptors (Lipinski definition) is 8. The summed E-state index contributed by atoms with van der Waals surface area (Å²) in [5.74, 6) is 1.18. The lowest BCUT2D eigenvalue weighted by Gasteiger charge is -2.16. The summed E-state index contributed by atoms with van der Waals surface area (Å²) >= 11 is 0. The van der Waals surface area contributed by atoms with Crippen LogP contribution >= 0.6 is 0 Å². The first-order valence-corrected chi connectivity index (χ1v) is 6.19. The van der Waals surface area contributed by atoms with Crippen LogP contribution in [0.15, 0.2) is 12.1 Å². The van der Waals surface area contributed by atoms with Gasteiger partial charge in [0, 0.05) is 5.56 Å². The molecule has 0 saturated carbocycles. The van der Waals surface area contributed by atoms with Crippen molar-refractivity contribution in [2.45, 2.75) is 0 Å². The molecule has 1 aromatic heterocycles. The fourth-order valence-electron chi connectivity index (χ4n) is 2.09. The number of rotatable bonds is 4. The zero-order chi connectivity index (χ0) is 16.3. The largest absolute Gasteiger partial charge is 0.493 e. The maximum atomic E-state index is 9.29. The standard InChI is InChI=1S/C14H15N5O3/c1-20-9-5-4-7(11(21-2)12(9)22-3)10-8(6-15)13(16)19-14(17)18-10/h4-5H,1-3H3,(H4,16,17,18,19). The van der Waals surface area contributed by atoms with E-state index in [9.17, 15) is 5.26 Å². The van der Waals surface area contributed by atoms with E-state index >= 15 is 0 Å². The maximum absolute atomic E-state index is 9.29. The van der Waals surface area contributed by atoms with Gasteiger partial charge in [-0.25, -0.2) is 4.98 Å². The third kappa shape index (κ3) is 2.40. The summed E-state index contributed by atoms with van der Waals surface area (Å²) in [4.78, 5) is 7.89. The normalized spacial score (nSPS) is 9.91. The molecule has 1 heterocycles. The number of nitrogens with two attached hydrogens (primary N) is 2. The molecule has 0 aliphatic rings. The van der Waals surface area contributed by atoms with Crippen LogP contribution in [0, 0.1) is 11.3 Å². The molecule has 22 heavy (non-hydrogen) atoms. The van der Waals surface area contributed by atoms with E-state index in [0.29, 0.717) is 22.8 Å². The van der Waals surface area contributed by atoms with Gasteiger partial charge in [-0.15, -0.1) is 0 Å². The minimum absolute atomic E-state index is 0.00170. The van der Waals surface area contributed by atoms with Crippen molar-refractivity contribution in [2.24, 2.45) is 0 Å². The molecule has 8 heteroatoms. The molecule has 0 spiro atoms. The zero-order valence-electron chi connectivity index (χ0n) is 12.4. The Morgan fingerprint density at radius 3 is 2.23 bits per heavy atom. The van der Waals surface area contributed by atoms with Crippen molar-refractivity contribution in [1.29, 1.82) is 5.26 Å². The highest BCUT2D eigenvalue weighted by Gasteiger charge is 2.22. The predicted molar refractivity (Wildman–Crippen MR) is 80.7 cm³/mol. The number of benzene rings is 1.